The van der Waals surface area contributed by atoms with Crippen LogP contribution < -0.4 is 0 Å². The number of rotatable bonds is 4. The van der Waals surface area contributed by atoms with Crippen molar-refractivity contribution in [1.82, 2.24) is 19.7 Å². The summed E-state index contributed by atoms with van der Waals surface area (Å²) in [7, 11) is 0. The number of piperidine rings is 1. The molecule has 5 nitrogen and oxygen atoms in total. The topological polar surface area (TPSA) is 51.0 Å². The van der Waals surface area contributed by atoms with Crippen LogP contribution in [-0.4, -0.2) is 38.0 Å². The molecule has 0 aromatic carbocycles. The number of amides is 1. The van der Waals surface area contributed by atoms with Crippen molar-refractivity contribution >= 4 is 17.7 Å². The quantitative estimate of drug-likeness (QED) is 0.797. The Kier molecular flexibility index (Phi) is 5.06. The number of hydrogen-bond acceptors (Lipinski definition) is 4. The second kappa shape index (κ2) is 7.02. The molecule has 1 saturated heterocycles. The first-order chi connectivity index (χ1) is 10.6. The van der Waals surface area contributed by atoms with E-state index in [4.69, 9.17) is 0 Å². The third-order valence-electron chi connectivity index (χ3n) is 4.88. The number of likely N-dealkylation sites (tertiary alicyclic amines) is 1. The summed E-state index contributed by atoms with van der Waals surface area (Å²) >= 11 is 1.67. The van der Waals surface area contributed by atoms with E-state index < -0.39 is 0 Å². The molecule has 1 aromatic rings. The Morgan fingerprint density at radius 2 is 2.09 bits per heavy atom. The highest BCUT2D eigenvalue weighted by Gasteiger charge is 2.25. The number of carbonyl (C=O) groups excluding carboxylic acids is 1. The summed E-state index contributed by atoms with van der Waals surface area (Å²) in [6, 6.07) is 0.526. The smallest absolute Gasteiger partial charge is 0.223 e. The normalized spacial score (nSPS) is 26.5. The van der Waals surface area contributed by atoms with Crippen LogP contribution in [0.25, 0.3) is 0 Å². The van der Waals surface area contributed by atoms with Crippen LogP contribution in [0.3, 0.4) is 0 Å². The zero-order chi connectivity index (χ0) is 15.5. The Morgan fingerprint density at radius 1 is 1.23 bits per heavy atom. The van der Waals surface area contributed by atoms with Gasteiger partial charge in [-0.25, -0.2) is 0 Å². The first-order valence-electron chi connectivity index (χ1n) is 8.47. The monoisotopic (exact) mass is 322 g/mol. The average Bonchev–Trinajstić information content (AvgIpc) is 2.87. The molecule has 0 N–H and O–H groups in total. The van der Waals surface area contributed by atoms with Gasteiger partial charge < -0.3 is 9.47 Å². The van der Waals surface area contributed by atoms with E-state index in [0.717, 1.165) is 36.3 Å². The van der Waals surface area contributed by atoms with Crippen LogP contribution in [0.4, 0.5) is 0 Å². The maximum absolute atomic E-state index is 11.9. The number of aryl methyl sites for hydroxylation is 1. The first kappa shape index (κ1) is 15.8. The van der Waals surface area contributed by atoms with Gasteiger partial charge in [0, 0.05) is 19.0 Å². The Labute approximate surface area is 136 Å². The summed E-state index contributed by atoms with van der Waals surface area (Å²) in [6.07, 6.45) is 7.93. The van der Waals surface area contributed by atoms with Gasteiger partial charge in [0.05, 0.1) is 5.88 Å². The Morgan fingerprint density at radius 3 is 2.86 bits per heavy atom. The minimum Gasteiger partial charge on any atom is -0.333 e. The maximum atomic E-state index is 11.9. The number of carbonyl (C=O) groups is 1. The molecule has 6 heteroatoms. The Balaban J connectivity index is 1.67. The van der Waals surface area contributed by atoms with Crippen molar-refractivity contribution in [1.29, 1.82) is 0 Å². The van der Waals surface area contributed by atoms with Crippen LogP contribution in [0.2, 0.25) is 0 Å². The molecule has 1 amide bonds. The second-order valence-electron chi connectivity index (χ2n) is 6.71. The van der Waals surface area contributed by atoms with E-state index in [1.54, 1.807) is 11.8 Å². The predicted molar refractivity (Wildman–Crippen MR) is 87.7 cm³/mol. The molecular formula is C16H26N4OS. The zero-order valence-electron chi connectivity index (χ0n) is 13.6. The number of hydrogen-bond donors (Lipinski definition) is 0. The highest BCUT2D eigenvalue weighted by Crippen LogP contribution is 2.35. The lowest BCUT2D eigenvalue weighted by atomic mass is 9.87. The summed E-state index contributed by atoms with van der Waals surface area (Å²) in [4.78, 5) is 13.9. The molecule has 1 aliphatic heterocycles. The van der Waals surface area contributed by atoms with Crippen molar-refractivity contribution in [3.8, 4) is 0 Å². The molecule has 22 heavy (non-hydrogen) atoms. The van der Waals surface area contributed by atoms with E-state index in [0.29, 0.717) is 18.3 Å². The first-order valence-corrected chi connectivity index (χ1v) is 9.46. The van der Waals surface area contributed by atoms with Crippen LogP contribution in [0, 0.1) is 12.8 Å². The van der Waals surface area contributed by atoms with E-state index in [1.807, 2.05) is 11.8 Å². The standard InChI is InChI=1S/C16H26N4OS/c1-12-6-5-7-14(10-12)20-13(2)17-18-16(20)22-11-19-9-4-3-8-15(19)21/h12,14H,3-11H2,1-2H3/t12-,14-/m0/s1. The fourth-order valence-electron chi connectivity index (χ4n) is 3.64. The van der Waals surface area contributed by atoms with Gasteiger partial charge in [-0.3, -0.25) is 4.79 Å². The largest absolute Gasteiger partial charge is 0.333 e. The molecule has 0 radical (unpaired) electrons. The van der Waals surface area contributed by atoms with Crippen LogP contribution >= 0.6 is 11.8 Å². The van der Waals surface area contributed by atoms with Gasteiger partial charge >= 0.3 is 0 Å². The average molecular weight is 322 g/mol. The van der Waals surface area contributed by atoms with Crippen molar-refractivity contribution in [3.05, 3.63) is 5.82 Å². The second-order valence-corrected chi connectivity index (χ2v) is 7.63. The lowest BCUT2D eigenvalue weighted by Gasteiger charge is -2.30. The Hall–Kier alpha value is -1.04. The Bertz CT molecular complexity index is 530. The highest BCUT2D eigenvalue weighted by molar-refractivity contribution is 7.99. The highest BCUT2D eigenvalue weighted by atomic mass is 32.2. The van der Waals surface area contributed by atoms with Crippen LogP contribution in [0.5, 0.6) is 0 Å². The molecule has 1 aromatic heterocycles. The van der Waals surface area contributed by atoms with E-state index in [-0.39, 0.29) is 5.91 Å². The molecule has 2 fully saturated rings. The van der Waals surface area contributed by atoms with E-state index >= 15 is 0 Å². The van der Waals surface area contributed by atoms with E-state index in [1.165, 1.54) is 25.7 Å². The van der Waals surface area contributed by atoms with Gasteiger partial charge in [-0.2, -0.15) is 0 Å². The molecule has 2 heterocycles. The maximum Gasteiger partial charge on any atom is 0.223 e. The summed E-state index contributed by atoms with van der Waals surface area (Å²) in [5, 5.41) is 9.63. The van der Waals surface area contributed by atoms with Crippen LogP contribution in [0.1, 0.15) is 63.7 Å². The summed E-state index contributed by atoms with van der Waals surface area (Å²) in [5.41, 5.74) is 0. The minimum atomic E-state index is 0.285. The lowest BCUT2D eigenvalue weighted by Crippen LogP contribution is -2.35. The number of nitrogens with zero attached hydrogens (tertiary/aromatic N) is 4. The van der Waals surface area contributed by atoms with Gasteiger partial charge in [0.2, 0.25) is 5.91 Å². The zero-order valence-corrected chi connectivity index (χ0v) is 14.4. The number of thioether (sulfide) groups is 1. The fourth-order valence-corrected chi connectivity index (χ4v) is 4.70. The molecule has 122 valence electrons. The van der Waals surface area contributed by atoms with Gasteiger partial charge in [-0.05, 0) is 38.5 Å². The lowest BCUT2D eigenvalue weighted by molar-refractivity contribution is -0.132. The van der Waals surface area contributed by atoms with Gasteiger partial charge in [0.1, 0.15) is 5.82 Å². The SMILES string of the molecule is Cc1nnc(SCN2CCCCC2=O)n1[C@H]1CCC[C@H](C)C1. The molecule has 0 unspecified atom stereocenters. The predicted octanol–water partition coefficient (Wildman–Crippen LogP) is 3.40. The van der Waals surface area contributed by atoms with Gasteiger partial charge in [-0.1, -0.05) is 31.5 Å². The molecule has 1 saturated carbocycles. The van der Waals surface area contributed by atoms with Gasteiger partial charge in [-0.15, -0.1) is 10.2 Å². The molecule has 2 aliphatic rings. The van der Waals surface area contributed by atoms with Crippen LogP contribution in [0.15, 0.2) is 5.16 Å². The van der Waals surface area contributed by atoms with Gasteiger partial charge in [0.15, 0.2) is 5.16 Å². The van der Waals surface area contributed by atoms with Crippen molar-refractivity contribution in [2.75, 3.05) is 12.4 Å². The summed E-state index contributed by atoms with van der Waals surface area (Å²) in [5.74, 6) is 2.78. The third kappa shape index (κ3) is 3.47. The molecule has 3 rings (SSSR count). The van der Waals surface area contributed by atoms with E-state index in [9.17, 15) is 4.79 Å². The van der Waals surface area contributed by atoms with Crippen molar-refractivity contribution in [2.24, 2.45) is 5.92 Å². The van der Waals surface area contributed by atoms with E-state index in [2.05, 4.69) is 21.7 Å². The van der Waals surface area contributed by atoms with Crippen molar-refractivity contribution < 1.29 is 4.79 Å². The summed E-state index contributed by atoms with van der Waals surface area (Å²) in [6.45, 7) is 5.27. The molecule has 0 spiro atoms. The molecule has 2 atom stereocenters. The van der Waals surface area contributed by atoms with Crippen LogP contribution in [-0.2, 0) is 4.79 Å². The van der Waals surface area contributed by atoms with Crippen molar-refractivity contribution in [3.63, 3.8) is 0 Å². The molecule has 0 bridgehead atoms. The third-order valence-corrected chi connectivity index (χ3v) is 5.86. The summed E-state index contributed by atoms with van der Waals surface area (Å²) < 4.78 is 2.31. The molecular weight excluding hydrogens is 296 g/mol. The van der Waals surface area contributed by atoms with Gasteiger partial charge in [0.25, 0.3) is 0 Å². The molecule has 1 aliphatic carbocycles. The number of aromatic nitrogens is 3. The minimum absolute atomic E-state index is 0.285. The van der Waals surface area contributed by atoms with Crippen molar-refractivity contribution in [2.45, 2.75) is 70.0 Å². The fraction of sp³-hybridized carbons (Fsp3) is 0.812.